The van der Waals surface area contributed by atoms with E-state index in [-0.39, 0.29) is 6.10 Å². The van der Waals surface area contributed by atoms with Crippen molar-refractivity contribution in [1.82, 2.24) is 20.0 Å². The quantitative estimate of drug-likeness (QED) is 0.671. The number of ether oxygens (including phenoxy) is 1. The van der Waals surface area contributed by atoms with Gasteiger partial charge < -0.3 is 9.26 Å². The van der Waals surface area contributed by atoms with Gasteiger partial charge in [-0.15, -0.1) is 11.3 Å². The van der Waals surface area contributed by atoms with Crippen molar-refractivity contribution < 1.29 is 9.26 Å². The van der Waals surface area contributed by atoms with Crippen molar-refractivity contribution in [3.63, 3.8) is 0 Å². The molecule has 7 heteroatoms. The first-order valence-corrected chi connectivity index (χ1v) is 9.28. The molecule has 3 heterocycles. The summed E-state index contributed by atoms with van der Waals surface area (Å²) in [6.45, 7) is 2.14. The summed E-state index contributed by atoms with van der Waals surface area (Å²) in [6, 6.07) is 10.2. The van der Waals surface area contributed by atoms with Crippen molar-refractivity contribution in [2.45, 2.75) is 32.0 Å². The number of hydrogen-bond acceptors (Lipinski definition) is 7. The SMILES string of the molecule is CN(Cc1csc(-c2ccccc2)n1)Cc1noc([C@@H]2CCCO2)n1. The van der Waals surface area contributed by atoms with E-state index in [9.17, 15) is 0 Å². The van der Waals surface area contributed by atoms with Crippen LogP contribution in [0, 0.1) is 0 Å². The van der Waals surface area contributed by atoms with Crippen LogP contribution in [0.4, 0.5) is 0 Å². The molecule has 1 atom stereocenters. The number of hydrogen-bond donors (Lipinski definition) is 0. The molecule has 130 valence electrons. The lowest BCUT2D eigenvalue weighted by molar-refractivity contribution is 0.0835. The first-order valence-electron chi connectivity index (χ1n) is 8.40. The summed E-state index contributed by atoms with van der Waals surface area (Å²) in [6.07, 6.45) is 1.98. The Hall–Kier alpha value is -2.09. The Morgan fingerprint density at radius 3 is 2.88 bits per heavy atom. The molecule has 0 bridgehead atoms. The molecule has 1 saturated heterocycles. The predicted octanol–water partition coefficient (Wildman–Crippen LogP) is 3.68. The van der Waals surface area contributed by atoms with Crippen LogP contribution in [0.2, 0.25) is 0 Å². The lowest BCUT2D eigenvalue weighted by Gasteiger charge is -2.12. The van der Waals surface area contributed by atoms with E-state index in [0.717, 1.165) is 42.3 Å². The second-order valence-corrected chi connectivity index (χ2v) is 7.09. The molecule has 6 nitrogen and oxygen atoms in total. The average molecular weight is 356 g/mol. The second kappa shape index (κ2) is 7.43. The molecule has 1 aromatic carbocycles. The van der Waals surface area contributed by atoms with Gasteiger partial charge in [-0.25, -0.2) is 4.98 Å². The number of nitrogens with zero attached hydrogens (tertiary/aromatic N) is 4. The topological polar surface area (TPSA) is 64.3 Å². The maximum Gasteiger partial charge on any atom is 0.255 e. The molecule has 1 aliphatic heterocycles. The van der Waals surface area contributed by atoms with E-state index in [1.54, 1.807) is 11.3 Å². The van der Waals surface area contributed by atoms with Crippen molar-refractivity contribution >= 4 is 11.3 Å². The maximum absolute atomic E-state index is 5.58. The monoisotopic (exact) mass is 356 g/mol. The van der Waals surface area contributed by atoms with Crippen molar-refractivity contribution in [3.8, 4) is 10.6 Å². The van der Waals surface area contributed by atoms with Crippen LogP contribution in [0.25, 0.3) is 10.6 Å². The second-order valence-electron chi connectivity index (χ2n) is 6.23. The minimum Gasteiger partial charge on any atom is -0.368 e. The summed E-state index contributed by atoms with van der Waals surface area (Å²) in [5.74, 6) is 1.28. The first-order chi connectivity index (χ1) is 12.3. The fraction of sp³-hybridized carbons (Fsp3) is 0.389. The highest BCUT2D eigenvalue weighted by Crippen LogP contribution is 2.27. The zero-order chi connectivity index (χ0) is 17.1. The van der Waals surface area contributed by atoms with Gasteiger partial charge in [0.2, 0.25) is 0 Å². The molecular formula is C18H20N4O2S. The molecule has 2 aromatic heterocycles. The van der Waals surface area contributed by atoms with Gasteiger partial charge in [-0.05, 0) is 19.9 Å². The Labute approximate surface area is 150 Å². The van der Waals surface area contributed by atoms with E-state index >= 15 is 0 Å². The van der Waals surface area contributed by atoms with Crippen molar-refractivity contribution in [2.75, 3.05) is 13.7 Å². The highest BCUT2D eigenvalue weighted by Gasteiger charge is 2.24. The fourth-order valence-electron chi connectivity index (χ4n) is 2.90. The summed E-state index contributed by atoms with van der Waals surface area (Å²) in [7, 11) is 2.03. The van der Waals surface area contributed by atoms with Crippen LogP contribution in [0.3, 0.4) is 0 Å². The largest absolute Gasteiger partial charge is 0.368 e. The molecule has 3 aromatic rings. The van der Waals surface area contributed by atoms with E-state index in [1.165, 1.54) is 0 Å². The van der Waals surface area contributed by atoms with Crippen LogP contribution < -0.4 is 0 Å². The van der Waals surface area contributed by atoms with Crippen LogP contribution in [0.5, 0.6) is 0 Å². The molecule has 0 saturated carbocycles. The Bertz CT molecular complexity index is 811. The van der Waals surface area contributed by atoms with Crippen LogP contribution in [-0.2, 0) is 17.8 Å². The molecule has 0 aliphatic carbocycles. The summed E-state index contributed by atoms with van der Waals surface area (Å²) in [5, 5.41) is 7.22. The summed E-state index contributed by atoms with van der Waals surface area (Å²) < 4.78 is 10.9. The molecule has 0 spiro atoms. The smallest absolute Gasteiger partial charge is 0.255 e. The van der Waals surface area contributed by atoms with Gasteiger partial charge in [0.15, 0.2) is 5.82 Å². The van der Waals surface area contributed by atoms with Crippen LogP contribution >= 0.6 is 11.3 Å². The molecule has 0 unspecified atom stereocenters. The van der Waals surface area contributed by atoms with Crippen molar-refractivity contribution in [3.05, 3.63) is 53.1 Å². The zero-order valence-corrected chi connectivity index (χ0v) is 14.9. The van der Waals surface area contributed by atoms with Gasteiger partial charge in [-0.2, -0.15) is 4.98 Å². The molecule has 0 radical (unpaired) electrons. The highest BCUT2D eigenvalue weighted by molar-refractivity contribution is 7.13. The fourth-order valence-corrected chi connectivity index (χ4v) is 3.72. The van der Waals surface area contributed by atoms with Gasteiger partial charge in [-0.1, -0.05) is 35.5 Å². The molecule has 4 rings (SSSR count). The molecule has 1 aliphatic rings. The highest BCUT2D eigenvalue weighted by atomic mass is 32.1. The normalized spacial score (nSPS) is 17.4. The maximum atomic E-state index is 5.58. The number of aromatic nitrogens is 3. The number of benzene rings is 1. The summed E-state index contributed by atoms with van der Waals surface area (Å²) in [5.41, 5.74) is 2.20. The van der Waals surface area contributed by atoms with Crippen LogP contribution in [0.15, 0.2) is 40.2 Å². The minimum absolute atomic E-state index is 0.0291. The standard InChI is InChI=1S/C18H20N4O2S/c1-22(11-16-20-17(24-21-16)15-8-5-9-23-15)10-14-12-25-18(19-14)13-6-3-2-4-7-13/h2-4,6-7,12,15H,5,8-11H2,1H3/t15-/m0/s1. The number of rotatable bonds is 6. The third kappa shape index (κ3) is 3.95. The first kappa shape index (κ1) is 16.4. The minimum atomic E-state index is -0.0291. The Morgan fingerprint density at radius 1 is 1.20 bits per heavy atom. The Kier molecular flexibility index (Phi) is 4.87. The van der Waals surface area contributed by atoms with E-state index < -0.39 is 0 Å². The third-order valence-electron chi connectivity index (χ3n) is 4.10. The van der Waals surface area contributed by atoms with Gasteiger partial charge >= 0.3 is 0 Å². The lowest BCUT2D eigenvalue weighted by atomic mass is 10.2. The lowest BCUT2D eigenvalue weighted by Crippen LogP contribution is -2.18. The van der Waals surface area contributed by atoms with E-state index in [2.05, 4.69) is 32.6 Å². The van der Waals surface area contributed by atoms with E-state index in [4.69, 9.17) is 14.2 Å². The van der Waals surface area contributed by atoms with Gasteiger partial charge in [0.25, 0.3) is 5.89 Å². The molecule has 0 N–H and O–H groups in total. The van der Waals surface area contributed by atoms with Crippen LogP contribution in [0.1, 0.15) is 36.4 Å². The third-order valence-corrected chi connectivity index (χ3v) is 5.04. The summed E-state index contributed by atoms with van der Waals surface area (Å²) >= 11 is 1.67. The summed E-state index contributed by atoms with van der Waals surface area (Å²) in [4.78, 5) is 11.3. The van der Waals surface area contributed by atoms with Gasteiger partial charge in [0, 0.05) is 24.1 Å². The van der Waals surface area contributed by atoms with Crippen molar-refractivity contribution in [1.29, 1.82) is 0 Å². The molecule has 1 fully saturated rings. The van der Waals surface area contributed by atoms with Gasteiger partial charge in [0.1, 0.15) is 11.1 Å². The predicted molar refractivity (Wildman–Crippen MR) is 94.9 cm³/mol. The van der Waals surface area contributed by atoms with Gasteiger partial charge in [0.05, 0.1) is 12.2 Å². The Morgan fingerprint density at radius 2 is 2.08 bits per heavy atom. The molecule has 25 heavy (non-hydrogen) atoms. The molecule has 0 amide bonds. The van der Waals surface area contributed by atoms with E-state index in [0.29, 0.717) is 18.3 Å². The Balaban J connectivity index is 1.36. The molecular weight excluding hydrogens is 336 g/mol. The van der Waals surface area contributed by atoms with E-state index in [1.807, 2.05) is 25.2 Å². The van der Waals surface area contributed by atoms with Crippen LogP contribution in [-0.4, -0.2) is 33.7 Å². The number of thiazole rings is 1. The van der Waals surface area contributed by atoms with Crippen molar-refractivity contribution in [2.24, 2.45) is 0 Å². The average Bonchev–Trinajstić information content (AvgIpc) is 3.37. The zero-order valence-electron chi connectivity index (χ0n) is 14.1. The van der Waals surface area contributed by atoms with Gasteiger partial charge in [-0.3, -0.25) is 4.90 Å².